The molecule has 1 saturated carbocycles. The van der Waals surface area contributed by atoms with Gasteiger partial charge in [0.25, 0.3) is 5.91 Å². The first kappa shape index (κ1) is 21.6. The maximum atomic E-state index is 12.9. The lowest BCUT2D eigenvalue weighted by molar-refractivity contribution is -0.129. The quantitative estimate of drug-likeness (QED) is 0.673. The van der Waals surface area contributed by atoms with Crippen LogP contribution >= 0.6 is 0 Å². The number of ether oxygens (including phenoxy) is 2. The monoisotopic (exact) mass is 424 g/mol. The van der Waals surface area contributed by atoms with Gasteiger partial charge in [-0.2, -0.15) is 4.31 Å². The molecule has 0 spiro atoms. The topological polar surface area (TPSA) is 102 Å². The summed E-state index contributed by atoms with van der Waals surface area (Å²) in [5, 5.41) is 2.89. The molecule has 0 aromatic heterocycles. The predicted octanol–water partition coefficient (Wildman–Crippen LogP) is 2.08. The summed E-state index contributed by atoms with van der Waals surface area (Å²) in [6.45, 7) is 2.39. The number of esters is 1. The minimum absolute atomic E-state index is 0.0593. The van der Waals surface area contributed by atoms with Crippen molar-refractivity contribution >= 4 is 21.9 Å². The maximum absolute atomic E-state index is 12.9. The van der Waals surface area contributed by atoms with Crippen molar-refractivity contribution in [1.29, 1.82) is 0 Å². The molecule has 1 saturated heterocycles. The van der Waals surface area contributed by atoms with Crippen LogP contribution in [0.25, 0.3) is 0 Å². The number of methoxy groups -OCH3 is 1. The van der Waals surface area contributed by atoms with E-state index in [4.69, 9.17) is 9.47 Å². The maximum Gasteiger partial charge on any atom is 0.338 e. The standard InChI is InChI=1S/C20H28N2O6S/c1-14(19(23)21-16-7-3-4-8-16)28-20(24)15-9-10-17(27-2)18(13-15)29(25,26)22-11-5-6-12-22/h9-10,13-14,16H,3-8,11-12H2,1-2H3,(H,21,23)/t14-/m0/s1. The van der Waals surface area contributed by atoms with Crippen LogP contribution in [0.2, 0.25) is 0 Å². The number of amides is 1. The highest BCUT2D eigenvalue weighted by Crippen LogP contribution is 2.30. The van der Waals surface area contributed by atoms with Gasteiger partial charge in [0, 0.05) is 19.1 Å². The lowest BCUT2D eigenvalue weighted by Crippen LogP contribution is -2.40. The van der Waals surface area contributed by atoms with Crippen LogP contribution in [0.1, 0.15) is 55.8 Å². The van der Waals surface area contributed by atoms with Crippen LogP contribution < -0.4 is 10.1 Å². The molecule has 3 rings (SSSR count). The van der Waals surface area contributed by atoms with E-state index in [1.165, 1.54) is 36.5 Å². The number of carbonyl (C=O) groups is 2. The number of carbonyl (C=O) groups excluding carboxylic acids is 2. The third kappa shape index (κ3) is 4.90. The van der Waals surface area contributed by atoms with Gasteiger partial charge in [-0.15, -0.1) is 0 Å². The van der Waals surface area contributed by atoms with E-state index in [1.807, 2.05) is 0 Å². The number of nitrogens with zero attached hydrogens (tertiary/aromatic N) is 1. The Bertz CT molecular complexity index is 858. The molecular weight excluding hydrogens is 396 g/mol. The highest BCUT2D eigenvalue weighted by molar-refractivity contribution is 7.89. The van der Waals surface area contributed by atoms with Gasteiger partial charge in [0.15, 0.2) is 6.10 Å². The Morgan fingerprint density at radius 2 is 1.79 bits per heavy atom. The molecule has 1 amide bonds. The van der Waals surface area contributed by atoms with Crippen molar-refractivity contribution in [1.82, 2.24) is 9.62 Å². The van der Waals surface area contributed by atoms with E-state index in [0.717, 1.165) is 38.5 Å². The molecule has 1 heterocycles. The van der Waals surface area contributed by atoms with Gasteiger partial charge >= 0.3 is 5.97 Å². The van der Waals surface area contributed by atoms with Crippen molar-refractivity contribution in [2.24, 2.45) is 0 Å². The number of rotatable bonds is 7. The summed E-state index contributed by atoms with van der Waals surface area (Å²) in [4.78, 5) is 24.7. The van der Waals surface area contributed by atoms with Crippen LogP contribution in [0.5, 0.6) is 5.75 Å². The Morgan fingerprint density at radius 3 is 2.41 bits per heavy atom. The Kier molecular flexibility index (Phi) is 6.79. The van der Waals surface area contributed by atoms with E-state index in [2.05, 4.69) is 5.32 Å². The minimum Gasteiger partial charge on any atom is -0.495 e. The summed E-state index contributed by atoms with van der Waals surface area (Å²) in [5.41, 5.74) is 0.0593. The summed E-state index contributed by atoms with van der Waals surface area (Å²) in [7, 11) is -2.40. The number of nitrogens with one attached hydrogen (secondary N) is 1. The smallest absolute Gasteiger partial charge is 0.338 e. The first-order chi connectivity index (χ1) is 13.8. The van der Waals surface area contributed by atoms with Crippen molar-refractivity contribution in [3.63, 3.8) is 0 Å². The van der Waals surface area contributed by atoms with Crippen LogP contribution in [0, 0.1) is 0 Å². The minimum atomic E-state index is -3.78. The van der Waals surface area contributed by atoms with Crippen LogP contribution in [0.4, 0.5) is 0 Å². The molecule has 2 fully saturated rings. The van der Waals surface area contributed by atoms with E-state index < -0.39 is 22.1 Å². The molecule has 8 nitrogen and oxygen atoms in total. The second-order valence-electron chi connectivity index (χ2n) is 7.51. The Hall–Kier alpha value is -2.13. The van der Waals surface area contributed by atoms with Gasteiger partial charge < -0.3 is 14.8 Å². The summed E-state index contributed by atoms with van der Waals surface area (Å²) < 4.78 is 37.7. The first-order valence-electron chi connectivity index (χ1n) is 10.0. The number of benzene rings is 1. The summed E-state index contributed by atoms with van der Waals surface area (Å²) in [6.07, 6.45) is 4.67. The van der Waals surface area contributed by atoms with Crippen molar-refractivity contribution in [2.45, 2.75) is 62.5 Å². The molecule has 1 atom stereocenters. The summed E-state index contributed by atoms with van der Waals surface area (Å²) >= 11 is 0. The average Bonchev–Trinajstić information content (AvgIpc) is 3.41. The average molecular weight is 425 g/mol. The Balaban J connectivity index is 1.74. The molecule has 1 aliphatic carbocycles. The molecule has 2 aliphatic rings. The fraction of sp³-hybridized carbons (Fsp3) is 0.600. The second kappa shape index (κ2) is 9.13. The Morgan fingerprint density at radius 1 is 1.14 bits per heavy atom. The lowest BCUT2D eigenvalue weighted by atomic mass is 10.2. The SMILES string of the molecule is COc1ccc(C(=O)O[C@@H](C)C(=O)NC2CCCC2)cc1S(=O)(=O)N1CCCC1. The van der Waals surface area contributed by atoms with Crippen molar-refractivity contribution < 1.29 is 27.5 Å². The molecule has 1 N–H and O–H groups in total. The molecule has 0 bridgehead atoms. The second-order valence-corrected chi connectivity index (χ2v) is 9.42. The van der Waals surface area contributed by atoms with Gasteiger partial charge in [0.2, 0.25) is 10.0 Å². The van der Waals surface area contributed by atoms with Gasteiger partial charge in [-0.1, -0.05) is 12.8 Å². The van der Waals surface area contributed by atoms with Crippen LogP contribution in [0.15, 0.2) is 23.1 Å². The number of hydrogen-bond donors (Lipinski definition) is 1. The molecule has 160 valence electrons. The highest BCUT2D eigenvalue weighted by Gasteiger charge is 2.31. The van der Waals surface area contributed by atoms with Gasteiger partial charge in [-0.3, -0.25) is 4.79 Å². The summed E-state index contributed by atoms with van der Waals surface area (Å²) in [5.74, 6) is -0.927. The van der Waals surface area contributed by atoms with E-state index in [1.54, 1.807) is 0 Å². The molecule has 0 unspecified atom stereocenters. The molecule has 1 aliphatic heterocycles. The van der Waals surface area contributed by atoms with Gasteiger partial charge in [0.1, 0.15) is 10.6 Å². The molecule has 29 heavy (non-hydrogen) atoms. The fourth-order valence-electron chi connectivity index (χ4n) is 3.74. The molecule has 9 heteroatoms. The van der Waals surface area contributed by atoms with Crippen molar-refractivity contribution in [2.75, 3.05) is 20.2 Å². The van der Waals surface area contributed by atoms with Crippen LogP contribution in [0.3, 0.4) is 0 Å². The van der Waals surface area contributed by atoms with Gasteiger partial charge in [0.05, 0.1) is 12.7 Å². The zero-order valence-electron chi connectivity index (χ0n) is 16.8. The van der Waals surface area contributed by atoms with E-state index in [9.17, 15) is 18.0 Å². The molecular formula is C20H28N2O6S. The third-order valence-corrected chi connectivity index (χ3v) is 7.36. The molecule has 0 radical (unpaired) electrons. The summed E-state index contributed by atoms with van der Waals surface area (Å²) in [6, 6.07) is 4.26. The van der Waals surface area contributed by atoms with E-state index in [-0.39, 0.29) is 28.2 Å². The molecule has 1 aromatic carbocycles. The normalized spacial score (nSPS) is 19.1. The third-order valence-electron chi connectivity index (χ3n) is 5.44. The van der Waals surface area contributed by atoms with Gasteiger partial charge in [-0.05, 0) is 50.8 Å². The predicted molar refractivity (Wildman–Crippen MR) is 106 cm³/mol. The van der Waals surface area contributed by atoms with Crippen LogP contribution in [-0.2, 0) is 19.6 Å². The van der Waals surface area contributed by atoms with Gasteiger partial charge in [-0.25, -0.2) is 13.2 Å². The fourth-order valence-corrected chi connectivity index (χ4v) is 5.44. The first-order valence-corrected chi connectivity index (χ1v) is 11.5. The zero-order chi connectivity index (χ0) is 21.0. The van der Waals surface area contributed by atoms with Crippen LogP contribution in [-0.4, -0.2) is 56.9 Å². The zero-order valence-corrected chi connectivity index (χ0v) is 17.7. The van der Waals surface area contributed by atoms with E-state index >= 15 is 0 Å². The van der Waals surface area contributed by atoms with Crippen molar-refractivity contribution in [3.8, 4) is 5.75 Å². The lowest BCUT2D eigenvalue weighted by Gasteiger charge is -2.19. The van der Waals surface area contributed by atoms with Crippen molar-refractivity contribution in [3.05, 3.63) is 23.8 Å². The largest absolute Gasteiger partial charge is 0.495 e. The highest BCUT2D eigenvalue weighted by atomic mass is 32.2. The number of sulfonamides is 1. The number of hydrogen-bond acceptors (Lipinski definition) is 6. The van der Waals surface area contributed by atoms with E-state index in [0.29, 0.717) is 13.1 Å². The Labute approximate surface area is 171 Å². The molecule has 1 aromatic rings.